The summed E-state index contributed by atoms with van der Waals surface area (Å²) in [6, 6.07) is 7.15. The van der Waals surface area contributed by atoms with Crippen LogP contribution >= 0.6 is 0 Å². The third-order valence-electron chi connectivity index (χ3n) is 4.32. The number of nitrogens with zero attached hydrogens (tertiary/aromatic N) is 3. The molecule has 1 N–H and O–H groups in total. The number of H-pyrrole nitrogens is 1. The number of nitrogens with one attached hydrogen (secondary N) is 1. The normalized spacial score (nSPS) is 13.4. The summed E-state index contributed by atoms with van der Waals surface area (Å²) in [6.45, 7) is 3.41. The first-order valence-electron chi connectivity index (χ1n) is 8.35. The lowest BCUT2D eigenvalue weighted by atomic mass is 10.1. The van der Waals surface area contributed by atoms with Gasteiger partial charge in [0.1, 0.15) is 17.9 Å². The molecule has 0 bridgehead atoms. The van der Waals surface area contributed by atoms with Gasteiger partial charge in [0.2, 0.25) is 0 Å². The first-order valence-corrected chi connectivity index (χ1v) is 8.35. The molecule has 8 heteroatoms. The Kier molecular flexibility index (Phi) is 3.87. The first kappa shape index (κ1) is 16.2. The van der Waals surface area contributed by atoms with Crippen LogP contribution in [-0.2, 0) is 4.74 Å². The number of carbonyl (C=O) groups excluding carboxylic acids is 1. The fourth-order valence-corrected chi connectivity index (χ4v) is 2.97. The molecule has 0 spiro atoms. The highest BCUT2D eigenvalue weighted by Crippen LogP contribution is 2.34. The number of aromatic amines is 1. The van der Waals surface area contributed by atoms with E-state index < -0.39 is 5.97 Å². The molecule has 4 rings (SSSR count). The van der Waals surface area contributed by atoms with Gasteiger partial charge >= 0.3 is 5.97 Å². The summed E-state index contributed by atoms with van der Waals surface area (Å²) in [6.07, 6.45) is 1.69. The van der Waals surface area contributed by atoms with Crippen LogP contribution in [0.5, 0.6) is 5.75 Å². The number of carbonyl (C=O) groups is 1. The molecule has 3 heterocycles. The number of anilines is 1. The van der Waals surface area contributed by atoms with E-state index in [1.807, 2.05) is 25.2 Å². The molecule has 0 unspecified atom stereocenters. The van der Waals surface area contributed by atoms with Crippen molar-refractivity contribution in [3.05, 3.63) is 46.5 Å². The minimum Gasteiger partial charge on any atom is -0.490 e. The number of aromatic nitrogens is 3. The average molecular weight is 354 g/mol. The monoisotopic (exact) mass is 354 g/mol. The van der Waals surface area contributed by atoms with E-state index in [0.29, 0.717) is 12.3 Å². The fraction of sp³-hybridized carbons (Fsp3) is 0.278. The van der Waals surface area contributed by atoms with Crippen molar-refractivity contribution in [2.45, 2.75) is 6.92 Å². The minimum absolute atomic E-state index is 0.105. The summed E-state index contributed by atoms with van der Waals surface area (Å²) >= 11 is 0. The topological polar surface area (TPSA) is 88.9 Å². The lowest BCUT2D eigenvalue weighted by Gasteiger charge is -2.28. The maximum absolute atomic E-state index is 12.4. The summed E-state index contributed by atoms with van der Waals surface area (Å²) in [5.74, 6) is 0.263. The molecule has 1 aliphatic heterocycles. The third kappa shape index (κ3) is 2.69. The van der Waals surface area contributed by atoms with E-state index in [1.54, 1.807) is 13.1 Å². The van der Waals surface area contributed by atoms with Gasteiger partial charge in [-0.25, -0.2) is 9.31 Å². The van der Waals surface area contributed by atoms with Gasteiger partial charge in [-0.2, -0.15) is 5.10 Å². The molecule has 0 amide bonds. The number of fused-ring (bicyclic) bond motifs is 2. The zero-order valence-electron chi connectivity index (χ0n) is 14.5. The van der Waals surface area contributed by atoms with Crippen LogP contribution in [0.2, 0.25) is 0 Å². The number of hydrogen-bond acceptors (Lipinski definition) is 6. The Balaban J connectivity index is 1.79. The second kappa shape index (κ2) is 6.21. The molecule has 1 aromatic carbocycles. The Bertz CT molecular complexity index is 1050. The maximum atomic E-state index is 12.4. The van der Waals surface area contributed by atoms with Gasteiger partial charge in [0.25, 0.3) is 5.56 Å². The number of rotatable bonds is 3. The van der Waals surface area contributed by atoms with E-state index in [4.69, 9.17) is 9.47 Å². The van der Waals surface area contributed by atoms with Crippen molar-refractivity contribution >= 4 is 17.2 Å². The molecule has 0 radical (unpaired) electrons. The average Bonchev–Trinajstić information content (AvgIpc) is 3.07. The van der Waals surface area contributed by atoms with Crippen LogP contribution in [-0.4, -0.2) is 47.4 Å². The minimum atomic E-state index is -0.551. The van der Waals surface area contributed by atoms with Crippen molar-refractivity contribution in [3.63, 3.8) is 0 Å². The lowest BCUT2D eigenvalue weighted by Crippen LogP contribution is -2.28. The van der Waals surface area contributed by atoms with E-state index in [0.717, 1.165) is 23.5 Å². The first-order chi connectivity index (χ1) is 12.6. The van der Waals surface area contributed by atoms with E-state index in [1.165, 1.54) is 10.6 Å². The Morgan fingerprint density at radius 2 is 2.23 bits per heavy atom. The molecular weight excluding hydrogens is 336 g/mol. The van der Waals surface area contributed by atoms with Gasteiger partial charge in [-0.15, -0.1) is 0 Å². The predicted octanol–water partition coefficient (Wildman–Crippen LogP) is 1.69. The van der Waals surface area contributed by atoms with Crippen molar-refractivity contribution in [1.29, 1.82) is 0 Å². The van der Waals surface area contributed by atoms with Crippen molar-refractivity contribution in [1.82, 2.24) is 14.6 Å². The SMILES string of the molecule is CCOC(=O)c1cc2c(=O)[nH]c(-c3ccc4c(c3)N(C)CCO4)cn2n1. The molecule has 2 aromatic heterocycles. The molecule has 3 aromatic rings. The molecule has 26 heavy (non-hydrogen) atoms. The Hall–Kier alpha value is -3.29. The molecule has 0 atom stereocenters. The largest absolute Gasteiger partial charge is 0.490 e. The van der Waals surface area contributed by atoms with Crippen LogP contribution in [0.1, 0.15) is 17.4 Å². The highest BCUT2D eigenvalue weighted by molar-refractivity contribution is 5.88. The second-order valence-electron chi connectivity index (χ2n) is 6.03. The number of esters is 1. The molecule has 0 saturated heterocycles. The summed E-state index contributed by atoms with van der Waals surface area (Å²) < 4.78 is 12.0. The standard InChI is InChI=1S/C18H18N4O4/c1-3-25-18(24)12-9-15-17(23)19-13(10-22(15)20-12)11-4-5-16-14(8-11)21(2)6-7-26-16/h4-5,8-10H,3,6-7H2,1-2H3,(H,19,23). The van der Waals surface area contributed by atoms with Crippen LogP contribution in [0, 0.1) is 0 Å². The molecule has 1 aliphatic rings. The summed E-state index contributed by atoms with van der Waals surface area (Å²) in [4.78, 5) is 29.2. The van der Waals surface area contributed by atoms with E-state index in [-0.39, 0.29) is 23.4 Å². The van der Waals surface area contributed by atoms with Crippen molar-refractivity contribution in [2.75, 3.05) is 31.7 Å². The van der Waals surface area contributed by atoms with Crippen LogP contribution in [0.3, 0.4) is 0 Å². The van der Waals surface area contributed by atoms with Gasteiger partial charge in [0, 0.05) is 18.7 Å². The quantitative estimate of drug-likeness (QED) is 0.720. The zero-order valence-corrected chi connectivity index (χ0v) is 14.5. The van der Waals surface area contributed by atoms with Gasteiger partial charge in [-0.05, 0) is 25.1 Å². The van der Waals surface area contributed by atoms with Gasteiger partial charge in [-0.3, -0.25) is 4.79 Å². The van der Waals surface area contributed by atoms with Crippen molar-refractivity contribution in [2.24, 2.45) is 0 Å². The van der Waals surface area contributed by atoms with Crippen molar-refractivity contribution in [3.8, 4) is 17.0 Å². The van der Waals surface area contributed by atoms with E-state index in [2.05, 4.69) is 15.0 Å². The maximum Gasteiger partial charge on any atom is 0.358 e. The summed E-state index contributed by atoms with van der Waals surface area (Å²) in [5.41, 5.74) is 2.45. The highest BCUT2D eigenvalue weighted by atomic mass is 16.5. The number of likely N-dealkylation sites (N-methyl/N-ethyl adjacent to an activating group) is 1. The number of benzene rings is 1. The Morgan fingerprint density at radius 3 is 3.04 bits per heavy atom. The van der Waals surface area contributed by atoms with Crippen molar-refractivity contribution < 1.29 is 14.3 Å². The molecule has 8 nitrogen and oxygen atoms in total. The Labute approximate surface area is 149 Å². The predicted molar refractivity (Wildman–Crippen MR) is 96.0 cm³/mol. The van der Waals surface area contributed by atoms with Crippen LogP contribution in [0.4, 0.5) is 5.69 Å². The highest BCUT2D eigenvalue weighted by Gasteiger charge is 2.17. The number of hydrogen-bond donors (Lipinski definition) is 1. The van der Waals surface area contributed by atoms with Gasteiger partial charge < -0.3 is 19.4 Å². The molecular formula is C18H18N4O4. The van der Waals surface area contributed by atoms with E-state index in [9.17, 15) is 9.59 Å². The summed E-state index contributed by atoms with van der Waals surface area (Å²) in [5, 5.41) is 4.17. The third-order valence-corrected chi connectivity index (χ3v) is 4.32. The van der Waals surface area contributed by atoms with Gasteiger partial charge in [-0.1, -0.05) is 0 Å². The molecule has 0 saturated carbocycles. The van der Waals surface area contributed by atoms with Crippen LogP contribution < -0.4 is 15.2 Å². The Morgan fingerprint density at radius 1 is 1.38 bits per heavy atom. The smallest absolute Gasteiger partial charge is 0.358 e. The lowest BCUT2D eigenvalue weighted by molar-refractivity contribution is 0.0519. The van der Waals surface area contributed by atoms with Gasteiger partial charge in [0.15, 0.2) is 5.69 Å². The molecule has 0 fully saturated rings. The van der Waals surface area contributed by atoms with E-state index >= 15 is 0 Å². The zero-order chi connectivity index (χ0) is 18.3. The molecule has 0 aliphatic carbocycles. The van der Waals surface area contributed by atoms with Crippen LogP contribution in [0.25, 0.3) is 16.8 Å². The van der Waals surface area contributed by atoms with Gasteiger partial charge in [0.05, 0.1) is 30.7 Å². The second-order valence-corrected chi connectivity index (χ2v) is 6.03. The number of ether oxygens (including phenoxy) is 2. The van der Waals surface area contributed by atoms with Crippen LogP contribution in [0.15, 0.2) is 35.3 Å². The fourth-order valence-electron chi connectivity index (χ4n) is 2.97. The summed E-state index contributed by atoms with van der Waals surface area (Å²) in [7, 11) is 2.00. The molecule has 134 valence electrons.